The minimum Gasteiger partial charge on any atom is -0.617 e. The number of anilines is 1. The molecule has 2 heterocycles. The van der Waals surface area contributed by atoms with Gasteiger partial charge in [0.05, 0.1) is 17.3 Å². The second-order valence-electron chi connectivity index (χ2n) is 6.44. The first kappa shape index (κ1) is 17.9. The van der Waals surface area contributed by atoms with Crippen LogP contribution < -0.4 is 19.7 Å². The first-order valence-corrected chi connectivity index (χ1v) is 8.65. The Kier molecular flexibility index (Phi) is 4.41. The quantitative estimate of drug-likeness (QED) is 0.532. The number of nitrogens with zero attached hydrogens (tertiary/aromatic N) is 4. The fourth-order valence-corrected chi connectivity index (χ4v) is 3.44. The molecule has 0 unspecified atom stereocenters. The van der Waals surface area contributed by atoms with Gasteiger partial charge in [0, 0.05) is 32.2 Å². The number of nitriles is 1. The van der Waals surface area contributed by atoms with E-state index in [0.29, 0.717) is 35.6 Å². The third-order valence-electron chi connectivity index (χ3n) is 4.77. The number of rotatable bonds is 2. The lowest BCUT2D eigenvalue weighted by atomic mass is 10.1. The maximum absolute atomic E-state index is 14.7. The molecule has 1 N–H and O–H groups in total. The van der Waals surface area contributed by atoms with Gasteiger partial charge in [-0.15, -0.1) is 4.73 Å². The lowest BCUT2D eigenvalue weighted by Gasteiger charge is -2.29. The molecule has 4 rings (SSSR count). The number of benzene rings is 2. The van der Waals surface area contributed by atoms with Gasteiger partial charge < -0.3 is 20.6 Å². The molecule has 1 fully saturated rings. The number of hydrogen-bond donors (Lipinski definition) is 1. The van der Waals surface area contributed by atoms with Crippen LogP contribution >= 0.6 is 0 Å². The first-order valence-electron chi connectivity index (χ1n) is 8.65. The second kappa shape index (κ2) is 6.90. The summed E-state index contributed by atoms with van der Waals surface area (Å²) >= 11 is 0. The molecule has 0 amide bonds. The van der Waals surface area contributed by atoms with Gasteiger partial charge in [-0.1, -0.05) is 6.07 Å². The molecule has 142 valence electrons. The molecular weight excluding hydrogens is 368 g/mol. The van der Waals surface area contributed by atoms with Crippen LogP contribution in [0.15, 0.2) is 36.4 Å². The van der Waals surface area contributed by atoms with E-state index in [1.54, 1.807) is 11.0 Å². The first-order chi connectivity index (χ1) is 13.5. The molecule has 0 radical (unpaired) electrons. The van der Waals surface area contributed by atoms with Gasteiger partial charge in [-0.05, 0) is 18.2 Å². The Bertz CT molecular complexity index is 1120. The van der Waals surface area contributed by atoms with Crippen molar-refractivity contribution in [2.75, 3.05) is 31.1 Å². The molecule has 3 aromatic rings. The van der Waals surface area contributed by atoms with Crippen LogP contribution in [0.3, 0.4) is 0 Å². The van der Waals surface area contributed by atoms with E-state index >= 15 is 0 Å². The molecule has 0 saturated carbocycles. The van der Waals surface area contributed by atoms with Crippen LogP contribution in [0.25, 0.3) is 22.3 Å². The van der Waals surface area contributed by atoms with Crippen molar-refractivity contribution < 1.29 is 18.2 Å². The van der Waals surface area contributed by atoms with E-state index in [1.165, 1.54) is 24.3 Å². The zero-order chi connectivity index (χ0) is 19.8. The summed E-state index contributed by atoms with van der Waals surface area (Å²) in [6.07, 6.45) is 0. The van der Waals surface area contributed by atoms with Crippen LogP contribution in [0, 0.1) is 33.4 Å². The molecular formula is C19H15F2N5O2. The Hall–Kier alpha value is -3.51. The molecule has 0 aliphatic carbocycles. The molecule has 0 spiro atoms. The van der Waals surface area contributed by atoms with Crippen molar-refractivity contribution in [1.29, 1.82) is 5.26 Å². The largest absolute Gasteiger partial charge is 0.617 e. The summed E-state index contributed by atoms with van der Waals surface area (Å²) in [5, 5.41) is 38.4. The summed E-state index contributed by atoms with van der Waals surface area (Å²) in [6, 6.07) is 8.98. The van der Waals surface area contributed by atoms with Crippen molar-refractivity contribution in [1.82, 2.24) is 5.32 Å². The Labute approximate surface area is 158 Å². The smallest absolute Gasteiger partial charge is 0.369 e. The van der Waals surface area contributed by atoms with Gasteiger partial charge in [0.15, 0.2) is 11.9 Å². The summed E-state index contributed by atoms with van der Waals surface area (Å²) in [7, 11) is 0. The highest BCUT2D eigenvalue weighted by Gasteiger charge is 2.32. The molecule has 1 aliphatic rings. The van der Waals surface area contributed by atoms with Crippen LogP contribution in [0.4, 0.5) is 14.5 Å². The van der Waals surface area contributed by atoms with Gasteiger partial charge in [-0.3, -0.25) is 0 Å². The van der Waals surface area contributed by atoms with Crippen LogP contribution in [-0.4, -0.2) is 26.2 Å². The number of hydrogen-bond acceptors (Lipinski definition) is 5. The summed E-state index contributed by atoms with van der Waals surface area (Å²) in [5.41, 5.74) is -0.901. The van der Waals surface area contributed by atoms with Gasteiger partial charge in [0.1, 0.15) is 5.82 Å². The lowest BCUT2D eigenvalue weighted by Crippen LogP contribution is -2.45. The minimum atomic E-state index is -0.645. The van der Waals surface area contributed by atoms with Crippen molar-refractivity contribution >= 4 is 16.7 Å². The summed E-state index contributed by atoms with van der Waals surface area (Å²) in [5.74, 6) is -1.27. The zero-order valence-corrected chi connectivity index (χ0v) is 14.7. The lowest BCUT2D eigenvalue weighted by molar-refractivity contribution is -0.622. The second-order valence-corrected chi connectivity index (χ2v) is 6.44. The fourth-order valence-electron chi connectivity index (χ4n) is 3.44. The van der Waals surface area contributed by atoms with E-state index in [9.17, 15) is 24.5 Å². The highest BCUT2D eigenvalue weighted by atomic mass is 19.1. The molecule has 1 saturated heterocycles. The van der Waals surface area contributed by atoms with Gasteiger partial charge >= 0.3 is 11.4 Å². The molecule has 1 aromatic heterocycles. The number of aromatic nitrogens is 2. The Morgan fingerprint density at radius 1 is 1.04 bits per heavy atom. The standard InChI is InChI=1S/C19H15F2N5O2/c20-13-3-1-2-12(8-13)19-18(11-22)25(27)17-10-15(24-6-4-23-5-7-24)14(21)9-16(17)26(19)28/h1-3,8-10,23H,4-7H2. The van der Waals surface area contributed by atoms with E-state index in [-0.39, 0.29) is 28.0 Å². The van der Waals surface area contributed by atoms with Crippen LogP contribution in [0.1, 0.15) is 5.69 Å². The summed E-state index contributed by atoms with van der Waals surface area (Å²) in [6.45, 7) is 2.42. The fraction of sp³-hybridized carbons (Fsp3) is 0.211. The van der Waals surface area contributed by atoms with Crippen molar-refractivity contribution in [2.45, 2.75) is 0 Å². The van der Waals surface area contributed by atoms with E-state index in [4.69, 9.17) is 0 Å². The predicted octanol–water partition coefficient (Wildman–Crippen LogP) is 1.33. The van der Waals surface area contributed by atoms with Gasteiger partial charge in [-0.25, -0.2) is 8.78 Å². The van der Waals surface area contributed by atoms with E-state index < -0.39 is 17.3 Å². The monoisotopic (exact) mass is 383 g/mol. The maximum atomic E-state index is 14.7. The molecule has 0 bridgehead atoms. The van der Waals surface area contributed by atoms with Crippen LogP contribution in [0.2, 0.25) is 0 Å². The topological polar surface area (TPSA) is 92.9 Å². The molecule has 7 nitrogen and oxygen atoms in total. The van der Waals surface area contributed by atoms with Crippen LogP contribution in [0.5, 0.6) is 0 Å². The predicted molar refractivity (Wildman–Crippen MR) is 97.0 cm³/mol. The van der Waals surface area contributed by atoms with E-state index in [0.717, 1.165) is 12.1 Å². The van der Waals surface area contributed by atoms with Crippen molar-refractivity contribution in [3.05, 3.63) is 64.1 Å². The average Bonchev–Trinajstić information content (AvgIpc) is 2.70. The SMILES string of the molecule is N#Cc1c(-c2cccc(F)c2)[n+]([O-])c2cc(F)c(N3CCNCC3)cc2[n+]1[O-]. The number of nitrogens with one attached hydrogen (secondary N) is 1. The van der Waals surface area contributed by atoms with Crippen LogP contribution in [-0.2, 0) is 0 Å². The highest BCUT2D eigenvalue weighted by molar-refractivity contribution is 5.76. The Morgan fingerprint density at radius 2 is 1.75 bits per heavy atom. The summed E-state index contributed by atoms with van der Waals surface area (Å²) < 4.78 is 29.0. The number of halogens is 2. The normalized spacial score (nSPS) is 14.2. The third-order valence-corrected chi connectivity index (χ3v) is 4.77. The Balaban J connectivity index is 1.99. The number of piperazine rings is 1. The molecule has 9 heteroatoms. The summed E-state index contributed by atoms with van der Waals surface area (Å²) in [4.78, 5) is 1.77. The van der Waals surface area contributed by atoms with Crippen molar-refractivity contribution in [2.24, 2.45) is 0 Å². The molecule has 2 aromatic carbocycles. The number of fused-ring (bicyclic) bond motifs is 1. The average molecular weight is 383 g/mol. The van der Waals surface area contributed by atoms with Gasteiger partial charge in [0.2, 0.25) is 0 Å². The van der Waals surface area contributed by atoms with E-state index in [1.807, 2.05) is 0 Å². The van der Waals surface area contributed by atoms with Gasteiger partial charge in [0.25, 0.3) is 11.0 Å². The zero-order valence-electron chi connectivity index (χ0n) is 14.7. The van der Waals surface area contributed by atoms with Crippen molar-refractivity contribution in [3.63, 3.8) is 0 Å². The maximum Gasteiger partial charge on any atom is 0.369 e. The highest BCUT2D eigenvalue weighted by Crippen LogP contribution is 2.26. The van der Waals surface area contributed by atoms with E-state index in [2.05, 4.69) is 5.32 Å². The molecule has 1 aliphatic heterocycles. The Morgan fingerprint density at radius 3 is 2.43 bits per heavy atom. The molecule has 0 atom stereocenters. The van der Waals surface area contributed by atoms with Gasteiger partial charge in [-0.2, -0.15) is 9.99 Å². The molecule has 28 heavy (non-hydrogen) atoms. The van der Waals surface area contributed by atoms with Crippen molar-refractivity contribution in [3.8, 4) is 17.3 Å². The third kappa shape index (κ3) is 2.84. The minimum absolute atomic E-state index is 0.0599.